The molecule has 0 amide bonds. The molecule has 2 aromatic rings. The average Bonchev–Trinajstić information content (AvgIpc) is 2.67. The van der Waals surface area contributed by atoms with E-state index in [1.807, 2.05) is 37.4 Å². The highest BCUT2D eigenvalue weighted by molar-refractivity contribution is 5.98. The van der Waals surface area contributed by atoms with Gasteiger partial charge in [-0.3, -0.25) is 9.79 Å². The monoisotopic (exact) mass is 387 g/mol. The number of benzene rings is 2. The van der Waals surface area contributed by atoms with Gasteiger partial charge in [-0.25, -0.2) is 0 Å². The van der Waals surface area contributed by atoms with Crippen molar-refractivity contribution in [1.29, 1.82) is 0 Å². The van der Waals surface area contributed by atoms with Gasteiger partial charge in [-0.15, -0.1) is 0 Å². The summed E-state index contributed by atoms with van der Waals surface area (Å²) >= 11 is 0. The number of hydrogen-bond acceptors (Lipinski definition) is 2. The topological polar surface area (TPSA) is 29.4 Å². The Kier molecular flexibility index (Phi) is 8.33. The van der Waals surface area contributed by atoms with Gasteiger partial charge in [0.25, 0.3) is 0 Å². The lowest BCUT2D eigenvalue weighted by Gasteiger charge is -2.08. The third-order valence-corrected chi connectivity index (χ3v) is 4.82. The fraction of sp³-hybridized carbons (Fsp3) is 0.333. The van der Waals surface area contributed by atoms with Gasteiger partial charge in [0.1, 0.15) is 0 Å². The van der Waals surface area contributed by atoms with Crippen molar-refractivity contribution >= 4 is 12.0 Å². The van der Waals surface area contributed by atoms with E-state index in [1.165, 1.54) is 5.56 Å². The van der Waals surface area contributed by atoms with E-state index in [1.54, 1.807) is 0 Å². The van der Waals surface area contributed by atoms with Gasteiger partial charge >= 0.3 is 0 Å². The highest BCUT2D eigenvalue weighted by Gasteiger charge is 2.08. The maximum atomic E-state index is 12.4. The molecule has 0 radical (unpaired) electrons. The number of carbonyl (C=O) groups is 1. The molecule has 0 bridgehead atoms. The van der Waals surface area contributed by atoms with Crippen molar-refractivity contribution < 1.29 is 4.79 Å². The SMILES string of the molecule is C=C(CCC)CC(=O)c1ccc(-c2ccc(C)c(/C=N\C(C)=C/C(C)C)c2)cc1. The Labute approximate surface area is 176 Å². The number of Topliss-reactive ketones (excluding diaryl/α,β-unsaturated/α-hetero) is 1. The third kappa shape index (κ3) is 6.98. The minimum absolute atomic E-state index is 0.138. The van der Waals surface area contributed by atoms with Crippen LogP contribution in [0.5, 0.6) is 0 Å². The highest BCUT2D eigenvalue weighted by Crippen LogP contribution is 2.23. The standard InChI is InChI=1S/C27H33NO/c1-7-8-20(4)16-27(29)24-13-11-23(12-14-24)25-10-9-21(5)26(17-25)18-28-22(6)15-19(2)3/h9-15,17-19H,4,7-8,16H2,1-3,5-6H3/b22-15-,28-18-. The lowest BCUT2D eigenvalue weighted by atomic mass is 9.97. The molecule has 152 valence electrons. The summed E-state index contributed by atoms with van der Waals surface area (Å²) in [7, 11) is 0. The molecule has 0 fully saturated rings. The van der Waals surface area contributed by atoms with Crippen LogP contribution in [-0.4, -0.2) is 12.0 Å². The lowest BCUT2D eigenvalue weighted by Crippen LogP contribution is -2.00. The van der Waals surface area contributed by atoms with Gasteiger partial charge in [-0.05, 0) is 54.5 Å². The van der Waals surface area contributed by atoms with Gasteiger partial charge in [-0.1, -0.05) is 81.8 Å². The molecule has 0 heterocycles. The van der Waals surface area contributed by atoms with E-state index in [0.29, 0.717) is 12.3 Å². The predicted molar refractivity (Wildman–Crippen MR) is 126 cm³/mol. The Balaban J connectivity index is 2.19. The number of aryl methyl sites for hydroxylation is 1. The van der Waals surface area contributed by atoms with Crippen molar-refractivity contribution in [1.82, 2.24) is 0 Å². The summed E-state index contributed by atoms with van der Waals surface area (Å²) in [6.07, 6.45) is 6.45. The zero-order valence-corrected chi connectivity index (χ0v) is 18.5. The molecule has 0 unspecified atom stereocenters. The summed E-state index contributed by atoms with van der Waals surface area (Å²) in [5.74, 6) is 0.624. The Morgan fingerprint density at radius 1 is 1.10 bits per heavy atom. The molecular weight excluding hydrogens is 354 g/mol. The minimum atomic E-state index is 0.138. The molecule has 0 aliphatic rings. The Morgan fingerprint density at radius 2 is 1.76 bits per heavy atom. The van der Waals surface area contributed by atoms with E-state index in [-0.39, 0.29) is 5.78 Å². The second-order valence-electron chi connectivity index (χ2n) is 8.06. The van der Waals surface area contributed by atoms with Crippen molar-refractivity contribution in [2.24, 2.45) is 10.9 Å². The number of carbonyl (C=O) groups excluding carboxylic acids is 1. The summed E-state index contributed by atoms with van der Waals surface area (Å²) in [5, 5.41) is 0. The van der Waals surface area contributed by atoms with E-state index < -0.39 is 0 Å². The van der Waals surface area contributed by atoms with Crippen molar-refractivity contribution in [3.63, 3.8) is 0 Å². The van der Waals surface area contributed by atoms with Crippen LogP contribution in [0, 0.1) is 12.8 Å². The van der Waals surface area contributed by atoms with Crippen LogP contribution in [-0.2, 0) is 0 Å². The van der Waals surface area contributed by atoms with E-state index >= 15 is 0 Å². The minimum Gasteiger partial charge on any atom is -0.294 e. The van der Waals surface area contributed by atoms with Crippen LogP contribution in [0.4, 0.5) is 0 Å². The lowest BCUT2D eigenvalue weighted by molar-refractivity contribution is 0.0992. The largest absolute Gasteiger partial charge is 0.294 e. The summed E-state index contributed by atoms with van der Waals surface area (Å²) < 4.78 is 0. The van der Waals surface area contributed by atoms with E-state index in [4.69, 9.17) is 0 Å². The number of allylic oxidation sites excluding steroid dienone is 3. The van der Waals surface area contributed by atoms with Crippen LogP contribution in [0.1, 0.15) is 68.4 Å². The molecule has 0 aromatic heterocycles. The third-order valence-electron chi connectivity index (χ3n) is 4.82. The van der Waals surface area contributed by atoms with Crippen LogP contribution < -0.4 is 0 Å². The number of nitrogens with zero attached hydrogens (tertiary/aromatic N) is 1. The van der Waals surface area contributed by atoms with Gasteiger partial charge in [0.05, 0.1) is 0 Å². The zero-order chi connectivity index (χ0) is 21.4. The van der Waals surface area contributed by atoms with E-state index in [2.05, 4.69) is 63.5 Å². The number of aliphatic imine (C=N–C) groups is 1. The van der Waals surface area contributed by atoms with Crippen molar-refractivity contribution in [3.05, 3.63) is 83.1 Å². The van der Waals surface area contributed by atoms with Crippen LogP contribution in [0.15, 0.2) is 71.4 Å². The summed E-state index contributed by atoms with van der Waals surface area (Å²) in [6.45, 7) is 14.5. The maximum absolute atomic E-state index is 12.4. The number of hydrogen-bond donors (Lipinski definition) is 0. The Bertz CT molecular complexity index is 914. The molecule has 0 N–H and O–H groups in total. The molecule has 2 heteroatoms. The smallest absolute Gasteiger partial charge is 0.166 e. The second-order valence-corrected chi connectivity index (χ2v) is 8.06. The normalized spacial score (nSPS) is 12.0. The predicted octanol–water partition coefficient (Wildman–Crippen LogP) is 7.57. The zero-order valence-electron chi connectivity index (χ0n) is 18.5. The maximum Gasteiger partial charge on any atom is 0.166 e. The molecule has 2 aromatic carbocycles. The Morgan fingerprint density at radius 3 is 2.38 bits per heavy atom. The average molecular weight is 388 g/mol. The second kappa shape index (κ2) is 10.7. The first-order valence-corrected chi connectivity index (χ1v) is 10.4. The summed E-state index contributed by atoms with van der Waals surface area (Å²) in [5.41, 5.74) is 7.29. The van der Waals surface area contributed by atoms with Gasteiger partial charge < -0.3 is 0 Å². The molecule has 0 aliphatic carbocycles. The molecule has 2 nitrogen and oxygen atoms in total. The number of ketones is 1. The van der Waals surface area contributed by atoms with Crippen LogP contribution in [0.3, 0.4) is 0 Å². The van der Waals surface area contributed by atoms with Crippen molar-refractivity contribution in [3.8, 4) is 11.1 Å². The molecular formula is C27H33NO. The first kappa shape index (κ1) is 22.5. The first-order chi connectivity index (χ1) is 13.8. The fourth-order valence-electron chi connectivity index (χ4n) is 3.28. The Hall–Kier alpha value is -2.74. The van der Waals surface area contributed by atoms with E-state index in [0.717, 1.165) is 46.4 Å². The van der Waals surface area contributed by atoms with Crippen molar-refractivity contribution in [2.75, 3.05) is 0 Å². The van der Waals surface area contributed by atoms with Crippen molar-refractivity contribution in [2.45, 2.75) is 53.9 Å². The fourth-order valence-corrected chi connectivity index (χ4v) is 3.28. The summed E-state index contributed by atoms with van der Waals surface area (Å²) in [6, 6.07) is 14.3. The van der Waals surface area contributed by atoms with Crippen LogP contribution in [0.25, 0.3) is 11.1 Å². The molecule has 0 atom stereocenters. The highest BCUT2D eigenvalue weighted by atomic mass is 16.1. The van der Waals surface area contributed by atoms with Crippen LogP contribution >= 0.6 is 0 Å². The molecule has 0 saturated heterocycles. The molecule has 0 saturated carbocycles. The summed E-state index contributed by atoms with van der Waals surface area (Å²) in [4.78, 5) is 17.0. The molecule has 2 rings (SSSR count). The van der Waals surface area contributed by atoms with Crippen LogP contribution in [0.2, 0.25) is 0 Å². The molecule has 29 heavy (non-hydrogen) atoms. The van der Waals surface area contributed by atoms with Gasteiger partial charge in [0.15, 0.2) is 5.78 Å². The molecule has 0 spiro atoms. The first-order valence-electron chi connectivity index (χ1n) is 10.4. The van der Waals surface area contributed by atoms with Gasteiger partial charge in [0.2, 0.25) is 0 Å². The van der Waals surface area contributed by atoms with Gasteiger partial charge in [-0.2, -0.15) is 0 Å². The quantitative estimate of drug-likeness (QED) is 0.248. The number of rotatable bonds is 9. The van der Waals surface area contributed by atoms with E-state index in [9.17, 15) is 4.79 Å². The van der Waals surface area contributed by atoms with Gasteiger partial charge in [0, 0.05) is 23.9 Å². The molecule has 0 aliphatic heterocycles.